The molecule has 36 heteroatoms. The summed E-state index contributed by atoms with van der Waals surface area (Å²) >= 11 is 0. The number of rotatable bonds is 48. The van der Waals surface area contributed by atoms with Crippen LogP contribution in [0.25, 0.3) is 0 Å². The van der Waals surface area contributed by atoms with E-state index < -0.39 is 70.4 Å². The molecule has 0 unspecified atom stereocenters. The molecule has 6 aliphatic rings. The lowest BCUT2D eigenvalue weighted by molar-refractivity contribution is -0.0310. The van der Waals surface area contributed by atoms with Gasteiger partial charge >= 0.3 is 70.4 Å². The normalized spacial score (nSPS) is 23.5. The minimum atomic E-state index is -4.65. The van der Waals surface area contributed by atoms with E-state index in [1.807, 2.05) is 162 Å². The summed E-state index contributed by atoms with van der Waals surface area (Å²) in [4.78, 5) is 58.0. The van der Waals surface area contributed by atoms with E-state index >= 15 is 0 Å². The Morgan fingerprint density at radius 3 is 0.333 bits per heavy atom. The van der Waals surface area contributed by atoms with Crippen LogP contribution in [-0.2, 0) is 49.4 Å². The van der Waals surface area contributed by atoms with E-state index in [1.165, 1.54) is 0 Å². The van der Waals surface area contributed by atoms with Gasteiger partial charge in [0.15, 0.2) is 0 Å². The number of anilines is 8. The summed E-state index contributed by atoms with van der Waals surface area (Å²) in [5, 5.41) is 0. The summed E-state index contributed by atoms with van der Waals surface area (Å²) in [6.45, 7) is 2.85. The maximum atomic E-state index is 8.54. The fourth-order valence-electron chi connectivity index (χ4n) is 15.9. The fraction of sp³-hybridized carbons (Fsp3) is 0.417. The molecule has 0 N–H and O–H groups in total. The van der Waals surface area contributed by atoms with Gasteiger partial charge in [-0.05, 0) is 193 Å². The number of aliphatic imine (C=N–C) groups is 8. The highest BCUT2D eigenvalue weighted by Crippen LogP contribution is 2.55. The molecule has 8 aromatic carbocycles. The van der Waals surface area contributed by atoms with Crippen molar-refractivity contribution < 1.29 is 49.4 Å². The molecule has 14 rings (SSSR count). The van der Waals surface area contributed by atoms with E-state index in [9.17, 15) is 0 Å². The first kappa shape index (κ1) is 100. The molecule has 0 atom stereocenters. The molecule has 6 heterocycles. The Kier molecular flexibility index (Phi) is 35.6. The lowest BCUT2D eigenvalue weighted by Crippen LogP contribution is -2.88. The number of nitrogens with zero attached hydrogens (tertiary/aromatic N) is 16. The third-order valence-corrected chi connectivity index (χ3v) is 60.7. The van der Waals surface area contributed by atoms with E-state index in [4.69, 9.17) is 89.3 Å². The van der Waals surface area contributed by atoms with Crippen LogP contribution >= 0.6 is 0 Å². The van der Waals surface area contributed by atoms with Crippen molar-refractivity contribution in [2.45, 2.75) is 99.7 Å². The quantitative estimate of drug-likeness (QED) is 0.0196. The zero-order valence-electron chi connectivity index (χ0n) is 80.1. The Morgan fingerprint density at radius 2 is 0.250 bits per heavy atom. The SMILES string of the molecule is CN(C)c1ccc(C=NCCC[Si]23O[Si]4(CCCN=Cc5ccc(N(C)C)cc5)O[Si]5(CCCN=Cc6ccc(N(C)C)cc6)O[Si](CCCN=Cc6ccc(N(C)C)cc6)(O2)O[Si]2(CCCN=Cc6ccc(N(C)C)cc6)O[Si](CCCN=Cc6ccc(N(C)C)cc6)(O3)O[Si](CCCN=Cc3ccc(N(C)C)cc3)(O4)O[Si](CCCN=Cc3ccc(N(C)C)cc3)(O5)O2)cc1. The smallest absolute Gasteiger partial charge is 0.378 e. The molecule has 28 nitrogen and oxygen atoms in total. The first-order valence-corrected chi connectivity index (χ1v) is 61.6. The second-order valence-corrected chi connectivity index (χ2v) is 60.4. The number of benzene rings is 8. The van der Waals surface area contributed by atoms with Crippen LogP contribution < -0.4 is 39.2 Å². The minimum absolute atomic E-state index is 0.190. The average Bonchev–Trinajstić information content (AvgIpc) is 0.684. The summed E-state index contributed by atoms with van der Waals surface area (Å²) in [6.07, 6.45) is 18.7. The lowest BCUT2D eigenvalue weighted by atomic mass is 10.2. The fourth-order valence-corrected chi connectivity index (χ4v) is 66.2. The second-order valence-electron chi connectivity index (χ2n) is 35.7. The molecule has 0 amide bonds. The molecule has 8 aromatic rings. The van der Waals surface area contributed by atoms with Crippen LogP contribution in [0.15, 0.2) is 234 Å². The van der Waals surface area contributed by atoms with Crippen molar-refractivity contribution in [2.24, 2.45) is 39.9 Å². The Morgan fingerprint density at radius 1 is 0.159 bits per heavy atom. The molecule has 8 bridgehead atoms. The molecule has 6 saturated heterocycles. The predicted octanol–water partition coefficient (Wildman–Crippen LogP) is 16.4. The maximum absolute atomic E-state index is 8.54. The molecule has 6 fully saturated rings. The van der Waals surface area contributed by atoms with Gasteiger partial charge in [-0.2, -0.15) is 0 Å². The van der Waals surface area contributed by atoms with Crippen molar-refractivity contribution in [1.29, 1.82) is 0 Å². The Balaban J connectivity index is 1.01. The highest BCUT2D eigenvalue weighted by atomic mass is 28.6. The number of hydrogen-bond acceptors (Lipinski definition) is 28. The molecule has 6 aliphatic heterocycles. The summed E-state index contributed by atoms with van der Waals surface area (Å²) in [5.41, 5.74) is 16.3. The van der Waals surface area contributed by atoms with E-state index in [0.29, 0.717) is 104 Å². The van der Waals surface area contributed by atoms with Gasteiger partial charge in [0.2, 0.25) is 0 Å². The summed E-state index contributed by atoms with van der Waals surface area (Å²) < 4.78 is 103. The summed E-state index contributed by atoms with van der Waals surface area (Å²) in [6, 6.07) is 68.4. The van der Waals surface area contributed by atoms with E-state index in [1.54, 1.807) is 0 Å². The third-order valence-electron chi connectivity index (χ3n) is 23.1. The van der Waals surface area contributed by atoms with Crippen molar-refractivity contribution in [3.63, 3.8) is 0 Å². The summed E-state index contributed by atoms with van der Waals surface area (Å²) in [7, 11) is -4.58. The van der Waals surface area contributed by atoms with Crippen LogP contribution in [0.2, 0.25) is 48.4 Å². The first-order chi connectivity index (χ1) is 63.5. The average molecular weight is 1930 g/mol. The molecular formula is C96H136N16O12Si8. The van der Waals surface area contributed by atoms with Gasteiger partial charge < -0.3 is 88.6 Å². The van der Waals surface area contributed by atoms with Crippen LogP contribution in [-0.4, -0.2) is 285 Å². The van der Waals surface area contributed by atoms with Gasteiger partial charge in [0.1, 0.15) is 0 Å². The monoisotopic (exact) mass is 1930 g/mol. The highest BCUT2D eigenvalue weighted by Gasteiger charge is 2.83. The van der Waals surface area contributed by atoms with Crippen LogP contribution in [0.4, 0.5) is 45.5 Å². The van der Waals surface area contributed by atoms with Crippen molar-refractivity contribution >= 4 is 166 Å². The molecular weight excluding hydrogens is 1790 g/mol. The first-order valence-electron chi connectivity index (χ1n) is 46.1. The van der Waals surface area contributed by atoms with E-state index in [-0.39, 0.29) is 48.4 Å². The largest absolute Gasteiger partial charge is 0.478 e. The summed E-state index contributed by atoms with van der Waals surface area (Å²) in [5.74, 6) is 0. The van der Waals surface area contributed by atoms with Gasteiger partial charge in [-0.15, -0.1) is 0 Å². The lowest BCUT2D eigenvalue weighted by Gasteiger charge is -2.63. The predicted molar refractivity (Wildman–Crippen MR) is 560 cm³/mol. The zero-order chi connectivity index (χ0) is 93.3. The van der Waals surface area contributed by atoms with Crippen LogP contribution in [0.5, 0.6) is 0 Å². The molecule has 0 aromatic heterocycles. The second kappa shape index (κ2) is 46.8. The highest BCUT2D eigenvalue weighted by molar-refractivity contribution is 7.03. The van der Waals surface area contributed by atoms with Gasteiger partial charge in [0, 0.05) is 309 Å². The van der Waals surface area contributed by atoms with Crippen molar-refractivity contribution in [1.82, 2.24) is 0 Å². The Labute approximate surface area is 792 Å². The van der Waals surface area contributed by atoms with Crippen molar-refractivity contribution in [3.05, 3.63) is 239 Å². The zero-order valence-corrected chi connectivity index (χ0v) is 88.1. The van der Waals surface area contributed by atoms with E-state index in [0.717, 1.165) is 90.0 Å². The number of hydrogen-bond donors (Lipinski definition) is 0. The third kappa shape index (κ3) is 28.5. The van der Waals surface area contributed by atoms with Gasteiger partial charge in [-0.1, -0.05) is 97.1 Å². The van der Waals surface area contributed by atoms with Gasteiger partial charge in [-0.25, -0.2) is 0 Å². The molecule has 132 heavy (non-hydrogen) atoms. The van der Waals surface area contributed by atoms with Crippen LogP contribution in [0.3, 0.4) is 0 Å². The van der Waals surface area contributed by atoms with E-state index in [2.05, 4.69) is 233 Å². The van der Waals surface area contributed by atoms with Crippen LogP contribution in [0.1, 0.15) is 95.9 Å². The van der Waals surface area contributed by atoms with Crippen molar-refractivity contribution in [2.75, 3.05) is 204 Å². The van der Waals surface area contributed by atoms with Gasteiger partial charge in [0.05, 0.1) is 0 Å². The molecule has 704 valence electrons. The van der Waals surface area contributed by atoms with Gasteiger partial charge in [0.25, 0.3) is 0 Å². The minimum Gasteiger partial charge on any atom is -0.378 e. The molecule has 0 saturated carbocycles. The van der Waals surface area contributed by atoms with Crippen molar-refractivity contribution in [3.8, 4) is 0 Å². The molecule has 0 spiro atoms. The topological polar surface area (TPSA) is 236 Å². The Bertz CT molecular complexity index is 4170. The standard InChI is InChI=1S/C96H136N16O12Si8/c1-105(2)89-41-25-81(26-42-89)73-97-57-17-65-125-113-126(66-18-58-98-74-82-27-43-90(44-28-82)106(3)4)116-129(69-21-61-101-77-85-33-49-93(50-34-85)109(9)10)118-127(114-125,67-19-59-99-75-83-29-45-91(46-30-83)107(5)6)120-131(71-23-63-103-79-87-37-53-95(54-38-87)111(13)14)121-128(115-125,68-20-60-100-76-84-31-47-92(48-32-84)108(7)8)119-130(117-126,70-22-62-102-78-86-35-51-94(52-36-86)110(11)12)123-132(122-129,124-131)72-24-64-104-80-88-39-55-96(56-40-88)112(15)16/h25-56,73-80H,17-24,57-72H2,1-16H3. The van der Waals surface area contributed by atoms with Gasteiger partial charge in [-0.3, -0.25) is 39.9 Å². The maximum Gasteiger partial charge on any atom is 0.478 e. The van der Waals surface area contributed by atoms with Crippen LogP contribution in [0, 0.1) is 0 Å². The molecule has 0 aliphatic carbocycles. The molecule has 0 radical (unpaired) electrons. The Hall–Kier alpha value is -9.22.